The average Bonchev–Trinajstić information content (AvgIpc) is 2.51. The quantitative estimate of drug-likeness (QED) is 0.675. The predicted octanol–water partition coefficient (Wildman–Crippen LogP) is 0.571. The van der Waals surface area contributed by atoms with Crippen LogP contribution in [0, 0.1) is 0 Å². The van der Waals surface area contributed by atoms with Crippen molar-refractivity contribution in [2.24, 2.45) is 5.73 Å². The number of nitrogens with zero attached hydrogens (tertiary/aromatic N) is 1. The fraction of sp³-hybridized carbons (Fsp3) is 1.00. The molecule has 1 aliphatic heterocycles. The van der Waals surface area contributed by atoms with Gasteiger partial charge in [-0.1, -0.05) is 13.8 Å². The van der Waals surface area contributed by atoms with Crippen molar-refractivity contribution in [1.82, 2.24) is 4.90 Å². The molecule has 1 saturated heterocycles. The molecule has 3 nitrogen and oxygen atoms in total. The van der Waals surface area contributed by atoms with Gasteiger partial charge in [-0.05, 0) is 25.8 Å². The van der Waals surface area contributed by atoms with E-state index in [0.717, 1.165) is 38.9 Å². The Bertz CT molecular complexity index is 157. The van der Waals surface area contributed by atoms with Gasteiger partial charge in [0.25, 0.3) is 0 Å². The van der Waals surface area contributed by atoms with Crippen molar-refractivity contribution in [1.29, 1.82) is 0 Å². The molecule has 1 heterocycles. The molecule has 13 heavy (non-hydrogen) atoms. The first-order valence-corrected chi connectivity index (χ1v) is 5.30. The molecule has 0 radical (unpaired) electrons. The second-order valence-corrected chi connectivity index (χ2v) is 4.22. The van der Waals surface area contributed by atoms with Crippen LogP contribution in [0.1, 0.15) is 33.1 Å². The molecule has 0 aliphatic carbocycles. The zero-order chi connectivity index (χ0) is 9.90. The highest BCUT2D eigenvalue weighted by Crippen LogP contribution is 2.19. The molecule has 0 spiro atoms. The summed E-state index contributed by atoms with van der Waals surface area (Å²) in [6, 6.07) is 0.318. The standard InChI is InChI=1S/C10H22N2O/c1-3-10(13,4-2)8-12-6-5-9(11)7-12/h9,13H,3-8,11H2,1-2H3/t9-/m0/s1. The smallest absolute Gasteiger partial charge is 0.0768 e. The molecule has 0 saturated carbocycles. The summed E-state index contributed by atoms with van der Waals surface area (Å²) < 4.78 is 0. The normalized spacial score (nSPS) is 25.4. The van der Waals surface area contributed by atoms with Crippen LogP contribution in [0.25, 0.3) is 0 Å². The van der Waals surface area contributed by atoms with Gasteiger partial charge < -0.3 is 10.8 Å². The predicted molar refractivity (Wildman–Crippen MR) is 54.6 cm³/mol. The fourth-order valence-corrected chi connectivity index (χ4v) is 1.90. The van der Waals surface area contributed by atoms with E-state index in [1.807, 2.05) is 13.8 Å². The molecule has 0 amide bonds. The molecule has 1 aliphatic rings. The summed E-state index contributed by atoms with van der Waals surface area (Å²) in [7, 11) is 0. The number of rotatable bonds is 4. The Morgan fingerprint density at radius 2 is 2.08 bits per heavy atom. The molecule has 0 aromatic heterocycles. The molecular weight excluding hydrogens is 164 g/mol. The molecule has 3 N–H and O–H groups in total. The van der Waals surface area contributed by atoms with E-state index in [1.165, 1.54) is 0 Å². The van der Waals surface area contributed by atoms with E-state index in [9.17, 15) is 5.11 Å². The van der Waals surface area contributed by atoms with E-state index in [-0.39, 0.29) is 0 Å². The van der Waals surface area contributed by atoms with Crippen LogP contribution in [0.4, 0.5) is 0 Å². The molecule has 0 aromatic rings. The first-order valence-electron chi connectivity index (χ1n) is 5.30. The summed E-state index contributed by atoms with van der Waals surface area (Å²) in [6.07, 6.45) is 2.73. The molecule has 1 fully saturated rings. The maximum atomic E-state index is 10.1. The van der Waals surface area contributed by atoms with Crippen molar-refractivity contribution >= 4 is 0 Å². The largest absolute Gasteiger partial charge is 0.389 e. The second-order valence-electron chi connectivity index (χ2n) is 4.22. The lowest BCUT2D eigenvalue weighted by molar-refractivity contribution is 0.00223. The van der Waals surface area contributed by atoms with Gasteiger partial charge >= 0.3 is 0 Å². The summed E-state index contributed by atoms with van der Waals surface area (Å²) in [5, 5.41) is 10.1. The second kappa shape index (κ2) is 4.40. The first kappa shape index (κ1) is 11.0. The monoisotopic (exact) mass is 186 g/mol. The molecule has 1 rings (SSSR count). The van der Waals surface area contributed by atoms with Crippen molar-refractivity contribution in [2.45, 2.75) is 44.8 Å². The lowest BCUT2D eigenvalue weighted by Gasteiger charge is -2.30. The van der Waals surface area contributed by atoms with Crippen molar-refractivity contribution in [2.75, 3.05) is 19.6 Å². The minimum Gasteiger partial charge on any atom is -0.389 e. The Morgan fingerprint density at radius 1 is 1.46 bits per heavy atom. The maximum absolute atomic E-state index is 10.1. The minimum absolute atomic E-state index is 0.318. The van der Waals surface area contributed by atoms with Gasteiger partial charge in [0.2, 0.25) is 0 Å². The van der Waals surface area contributed by atoms with Crippen molar-refractivity contribution in [3.63, 3.8) is 0 Å². The topological polar surface area (TPSA) is 49.5 Å². The number of aliphatic hydroxyl groups is 1. The van der Waals surface area contributed by atoms with Gasteiger partial charge in [0.05, 0.1) is 5.60 Å². The fourth-order valence-electron chi connectivity index (χ4n) is 1.90. The van der Waals surface area contributed by atoms with Crippen molar-refractivity contribution < 1.29 is 5.11 Å². The highest BCUT2D eigenvalue weighted by molar-refractivity contribution is 4.85. The Labute approximate surface area is 80.9 Å². The number of nitrogens with two attached hydrogens (primary N) is 1. The van der Waals surface area contributed by atoms with Crippen LogP contribution in [-0.2, 0) is 0 Å². The van der Waals surface area contributed by atoms with Gasteiger partial charge in [-0.15, -0.1) is 0 Å². The zero-order valence-corrected chi connectivity index (χ0v) is 8.79. The molecule has 0 aromatic carbocycles. The lowest BCUT2D eigenvalue weighted by Crippen LogP contribution is -2.42. The first-order chi connectivity index (χ1) is 6.09. The third-order valence-electron chi connectivity index (χ3n) is 3.14. The van der Waals surface area contributed by atoms with Crippen LogP contribution in [0.2, 0.25) is 0 Å². The number of hydrogen-bond donors (Lipinski definition) is 2. The Hall–Kier alpha value is -0.120. The van der Waals surface area contributed by atoms with Gasteiger partial charge in [0, 0.05) is 19.1 Å². The Balaban J connectivity index is 2.38. The van der Waals surface area contributed by atoms with Crippen LogP contribution < -0.4 is 5.73 Å². The average molecular weight is 186 g/mol. The van der Waals surface area contributed by atoms with Gasteiger partial charge in [0.1, 0.15) is 0 Å². The number of likely N-dealkylation sites (tertiary alicyclic amines) is 1. The van der Waals surface area contributed by atoms with Crippen LogP contribution in [0.5, 0.6) is 0 Å². The maximum Gasteiger partial charge on any atom is 0.0768 e. The number of β-amino-alcohol motifs (C(OH)–C–C–N with tert-alkyl or cyclic N) is 1. The van der Waals surface area contributed by atoms with E-state index < -0.39 is 5.60 Å². The van der Waals surface area contributed by atoms with E-state index in [1.54, 1.807) is 0 Å². The van der Waals surface area contributed by atoms with Crippen LogP contribution in [0.15, 0.2) is 0 Å². The summed E-state index contributed by atoms with van der Waals surface area (Å²) >= 11 is 0. The number of hydrogen-bond acceptors (Lipinski definition) is 3. The SMILES string of the molecule is CCC(O)(CC)CN1CC[C@H](N)C1. The van der Waals surface area contributed by atoms with E-state index >= 15 is 0 Å². The third kappa shape index (κ3) is 2.93. The van der Waals surface area contributed by atoms with Gasteiger partial charge in [0.15, 0.2) is 0 Å². The highest BCUT2D eigenvalue weighted by atomic mass is 16.3. The van der Waals surface area contributed by atoms with Gasteiger partial charge in [-0.3, -0.25) is 4.90 Å². The Kier molecular flexibility index (Phi) is 3.71. The van der Waals surface area contributed by atoms with Crippen LogP contribution in [0.3, 0.4) is 0 Å². The highest BCUT2D eigenvalue weighted by Gasteiger charge is 2.28. The lowest BCUT2D eigenvalue weighted by atomic mass is 9.97. The van der Waals surface area contributed by atoms with Gasteiger partial charge in [-0.25, -0.2) is 0 Å². The molecule has 0 unspecified atom stereocenters. The van der Waals surface area contributed by atoms with Crippen LogP contribution in [-0.4, -0.2) is 41.3 Å². The third-order valence-corrected chi connectivity index (χ3v) is 3.14. The molecule has 0 bridgehead atoms. The summed E-state index contributed by atoms with van der Waals surface area (Å²) in [5.41, 5.74) is 5.31. The Morgan fingerprint density at radius 3 is 2.46 bits per heavy atom. The summed E-state index contributed by atoms with van der Waals surface area (Å²) in [4.78, 5) is 2.28. The summed E-state index contributed by atoms with van der Waals surface area (Å²) in [6.45, 7) is 6.86. The molecular formula is C10H22N2O. The zero-order valence-electron chi connectivity index (χ0n) is 8.79. The van der Waals surface area contributed by atoms with Crippen molar-refractivity contribution in [3.8, 4) is 0 Å². The van der Waals surface area contributed by atoms with E-state index in [2.05, 4.69) is 4.90 Å². The van der Waals surface area contributed by atoms with Crippen LogP contribution >= 0.6 is 0 Å². The summed E-state index contributed by atoms with van der Waals surface area (Å²) in [5.74, 6) is 0. The minimum atomic E-state index is -0.496. The molecule has 3 heteroatoms. The molecule has 1 atom stereocenters. The van der Waals surface area contributed by atoms with Crippen molar-refractivity contribution in [3.05, 3.63) is 0 Å². The molecule has 78 valence electrons. The van der Waals surface area contributed by atoms with Gasteiger partial charge in [-0.2, -0.15) is 0 Å². The van der Waals surface area contributed by atoms with E-state index in [0.29, 0.717) is 6.04 Å². The van der Waals surface area contributed by atoms with E-state index in [4.69, 9.17) is 5.73 Å².